The molecule has 0 radical (unpaired) electrons. The van der Waals surface area contributed by atoms with E-state index in [2.05, 4.69) is 4.98 Å². The molecule has 3 aromatic rings. The van der Waals surface area contributed by atoms with Crippen LogP contribution in [-0.2, 0) is 21.2 Å². The van der Waals surface area contributed by atoms with Crippen LogP contribution in [0.15, 0.2) is 59.1 Å². The van der Waals surface area contributed by atoms with Crippen molar-refractivity contribution in [1.82, 2.24) is 18.8 Å². The van der Waals surface area contributed by atoms with Gasteiger partial charge < -0.3 is 14.2 Å². The molecular weight excluding hydrogens is 424 g/mol. The summed E-state index contributed by atoms with van der Waals surface area (Å²) >= 11 is 1.48. The van der Waals surface area contributed by atoms with Crippen molar-refractivity contribution >= 4 is 27.3 Å². The molecule has 158 valence electrons. The molecule has 0 spiro atoms. The molecule has 8 nitrogen and oxygen atoms in total. The summed E-state index contributed by atoms with van der Waals surface area (Å²) in [7, 11) is -2.06. The second-order valence-corrected chi connectivity index (χ2v) is 9.62. The fourth-order valence-corrected chi connectivity index (χ4v) is 5.51. The van der Waals surface area contributed by atoms with Gasteiger partial charge in [-0.1, -0.05) is 0 Å². The van der Waals surface area contributed by atoms with Crippen LogP contribution in [-0.4, -0.2) is 66.4 Å². The third-order valence-corrected chi connectivity index (χ3v) is 7.80. The van der Waals surface area contributed by atoms with Crippen LogP contribution in [0.4, 0.5) is 0 Å². The summed E-state index contributed by atoms with van der Waals surface area (Å²) in [5.41, 5.74) is 0.724. The van der Waals surface area contributed by atoms with Gasteiger partial charge in [-0.25, -0.2) is 13.4 Å². The Labute approximate surface area is 179 Å². The number of carbonyl (C=O) groups excluding carboxylic acids is 1. The first-order valence-corrected chi connectivity index (χ1v) is 11.8. The molecule has 2 aromatic heterocycles. The fourth-order valence-electron chi connectivity index (χ4n) is 3.30. The average Bonchev–Trinajstić information content (AvgIpc) is 3.46. The Hall–Kier alpha value is -2.69. The molecule has 0 atom stereocenters. The van der Waals surface area contributed by atoms with Crippen molar-refractivity contribution < 1.29 is 17.9 Å². The van der Waals surface area contributed by atoms with Crippen LogP contribution in [0, 0.1) is 0 Å². The van der Waals surface area contributed by atoms with Gasteiger partial charge in [0.15, 0.2) is 5.13 Å². The molecule has 0 bridgehead atoms. The van der Waals surface area contributed by atoms with Crippen molar-refractivity contribution in [3.63, 3.8) is 0 Å². The summed E-state index contributed by atoms with van der Waals surface area (Å²) in [5.74, 6) is 0.562. The molecule has 1 aromatic carbocycles. The number of hydrogen-bond donors (Lipinski definition) is 0. The van der Waals surface area contributed by atoms with E-state index in [1.54, 1.807) is 17.0 Å². The zero-order valence-electron chi connectivity index (χ0n) is 16.5. The Balaban J connectivity index is 1.35. The molecule has 0 aliphatic carbocycles. The van der Waals surface area contributed by atoms with Crippen molar-refractivity contribution in [3.05, 3.63) is 59.9 Å². The molecule has 3 heterocycles. The Morgan fingerprint density at radius 2 is 1.77 bits per heavy atom. The molecule has 0 unspecified atom stereocenters. The van der Waals surface area contributed by atoms with E-state index < -0.39 is 10.0 Å². The van der Waals surface area contributed by atoms with E-state index in [4.69, 9.17) is 4.74 Å². The van der Waals surface area contributed by atoms with Crippen LogP contribution in [0.3, 0.4) is 0 Å². The van der Waals surface area contributed by atoms with Crippen LogP contribution in [0.2, 0.25) is 0 Å². The molecular formula is C20H22N4O4S2. The number of amides is 1. The van der Waals surface area contributed by atoms with E-state index in [9.17, 15) is 13.2 Å². The summed E-state index contributed by atoms with van der Waals surface area (Å²) < 4.78 is 34.1. The third kappa shape index (κ3) is 4.25. The van der Waals surface area contributed by atoms with E-state index in [-0.39, 0.29) is 30.3 Å². The maximum atomic E-state index is 12.8. The van der Waals surface area contributed by atoms with Crippen LogP contribution in [0.25, 0.3) is 5.13 Å². The Morgan fingerprint density at radius 3 is 2.40 bits per heavy atom. The van der Waals surface area contributed by atoms with Gasteiger partial charge in [-0.15, -0.1) is 11.3 Å². The number of piperazine rings is 1. The van der Waals surface area contributed by atoms with E-state index >= 15 is 0 Å². The number of rotatable bonds is 6. The van der Waals surface area contributed by atoms with Gasteiger partial charge in [0, 0.05) is 44.0 Å². The van der Waals surface area contributed by atoms with Gasteiger partial charge in [0.2, 0.25) is 15.9 Å². The number of carbonyl (C=O) groups is 1. The first-order valence-electron chi connectivity index (χ1n) is 9.47. The number of aromatic nitrogens is 2. The highest BCUT2D eigenvalue weighted by molar-refractivity contribution is 7.89. The zero-order valence-corrected chi connectivity index (χ0v) is 18.1. The predicted octanol–water partition coefficient (Wildman–Crippen LogP) is 2.02. The number of thiazole rings is 1. The van der Waals surface area contributed by atoms with Crippen molar-refractivity contribution in [1.29, 1.82) is 0 Å². The van der Waals surface area contributed by atoms with Gasteiger partial charge in [0.1, 0.15) is 5.75 Å². The van der Waals surface area contributed by atoms with Crippen molar-refractivity contribution in [2.24, 2.45) is 0 Å². The first-order chi connectivity index (χ1) is 14.5. The van der Waals surface area contributed by atoms with Crippen LogP contribution in [0.5, 0.6) is 5.75 Å². The van der Waals surface area contributed by atoms with Crippen LogP contribution >= 0.6 is 11.3 Å². The molecule has 10 heteroatoms. The molecule has 1 fully saturated rings. The molecule has 1 saturated heterocycles. The normalized spacial score (nSPS) is 15.3. The highest BCUT2D eigenvalue weighted by atomic mass is 32.2. The number of sulfonamides is 1. The average molecular weight is 447 g/mol. The SMILES string of the molecule is COc1ccc(S(=O)(=O)N2CCN(C(=O)Cc3csc(-n4cccc4)n3)CC2)cc1. The molecule has 0 saturated carbocycles. The maximum Gasteiger partial charge on any atom is 0.243 e. The summed E-state index contributed by atoms with van der Waals surface area (Å²) in [6.45, 7) is 1.27. The minimum absolute atomic E-state index is 0.0409. The van der Waals surface area contributed by atoms with Gasteiger partial charge in [0.25, 0.3) is 0 Å². The largest absolute Gasteiger partial charge is 0.497 e. The fraction of sp³-hybridized carbons (Fsp3) is 0.300. The van der Waals surface area contributed by atoms with Crippen molar-refractivity contribution in [3.8, 4) is 10.9 Å². The van der Waals surface area contributed by atoms with Gasteiger partial charge in [-0.2, -0.15) is 4.31 Å². The van der Waals surface area contributed by atoms with Gasteiger partial charge in [-0.3, -0.25) is 4.79 Å². The quantitative estimate of drug-likeness (QED) is 0.578. The molecule has 0 N–H and O–H groups in total. The lowest BCUT2D eigenvalue weighted by molar-refractivity contribution is -0.131. The minimum atomic E-state index is -3.59. The summed E-state index contributed by atoms with van der Waals surface area (Å²) in [6, 6.07) is 10.2. The Morgan fingerprint density at radius 1 is 1.10 bits per heavy atom. The summed E-state index contributed by atoms with van der Waals surface area (Å²) in [5, 5.41) is 2.70. The number of methoxy groups -OCH3 is 1. The summed E-state index contributed by atoms with van der Waals surface area (Å²) in [6.07, 6.45) is 4.03. The Bertz CT molecular complexity index is 1100. The molecule has 1 aliphatic rings. The topological polar surface area (TPSA) is 84.7 Å². The predicted molar refractivity (Wildman–Crippen MR) is 113 cm³/mol. The summed E-state index contributed by atoms with van der Waals surface area (Å²) in [4.78, 5) is 19.1. The van der Waals surface area contributed by atoms with Crippen LogP contribution < -0.4 is 4.74 Å². The second kappa shape index (κ2) is 8.58. The van der Waals surface area contributed by atoms with E-state index in [0.29, 0.717) is 18.8 Å². The van der Waals surface area contributed by atoms with Gasteiger partial charge >= 0.3 is 0 Å². The third-order valence-electron chi connectivity index (χ3n) is 4.99. The van der Waals surface area contributed by atoms with Crippen molar-refractivity contribution in [2.45, 2.75) is 11.3 Å². The maximum absolute atomic E-state index is 12.8. The standard InChI is InChI=1S/C20H22N4O4S2/c1-28-17-4-6-18(7-5-17)30(26,27)24-12-10-22(11-13-24)19(25)14-16-15-29-20(21-16)23-8-2-3-9-23/h2-9,15H,10-14H2,1H3. The molecule has 4 rings (SSSR count). The van der Waals surface area contributed by atoms with E-state index in [0.717, 1.165) is 10.8 Å². The van der Waals surface area contributed by atoms with E-state index in [1.807, 2.05) is 34.5 Å². The van der Waals surface area contributed by atoms with E-state index in [1.165, 1.54) is 34.9 Å². The van der Waals surface area contributed by atoms with Gasteiger partial charge in [0.05, 0.1) is 24.1 Å². The minimum Gasteiger partial charge on any atom is -0.497 e. The molecule has 1 amide bonds. The number of ether oxygens (including phenoxy) is 1. The molecule has 30 heavy (non-hydrogen) atoms. The number of nitrogens with zero attached hydrogens (tertiary/aromatic N) is 4. The zero-order chi connectivity index (χ0) is 21.1. The lowest BCUT2D eigenvalue weighted by atomic mass is 10.2. The first kappa shape index (κ1) is 20.6. The van der Waals surface area contributed by atoms with Crippen LogP contribution in [0.1, 0.15) is 5.69 Å². The number of hydrogen-bond acceptors (Lipinski definition) is 6. The Kier molecular flexibility index (Phi) is 5.89. The highest BCUT2D eigenvalue weighted by Gasteiger charge is 2.30. The lowest BCUT2D eigenvalue weighted by Crippen LogP contribution is -2.50. The van der Waals surface area contributed by atoms with Gasteiger partial charge in [-0.05, 0) is 36.4 Å². The molecule has 1 aliphatic heterocycles. The smallest absolute Gasteiger partial charge is 0.243 e. The monoisotopic (exact) mass is 446 g/mol. The second-order valence-electron chi connectivity index (χ2n) is 6.85. The van der Waals surface area contributed by atoms with Crippen molar-refractivity contribution in [2.75, 3.05) is 33.3 Å². The lowest BCUT2D eigenvalue weighted by Gasteiger charge is -2.34. The number of benzene rings is 1. The highest BCUT2D eigenvalue weighted by Crippen LogP contribution is 2.21.